The Bertz CT molecular complexity index is 624. The smallest absolute Gasteiger partial charge is 0.369 e. The molecule has 0 fully saturated rings. The maximum atomic E-state index is 12.2. The molecule has 0 amide bonds. The molecule has 7 heteroatoms. The van der Waals surface area contributed by atoms with Crippen LogP contribution in [0.25, 0.3) is 0 Å². The summed E-state index contributed by atoms with van der Waals surface area (Å²) in [6.45, 7) is 1.96. The van der Waals surface area contributed by atoms with Gasteiger partial charge in [0.05, 0.1) is 10.6 Å². The molecule has 1 aromatic rings. The zero-order valence-corrected chi connectivity index (χ0v) is 12.3. The number of benzene rings is 1. The van der Waals surface area contributed by atoms with Gasteiger partial charge in [0.2, 0.25) is 0 Å². The van der Waals surface area contributed by atoms with E-state index in [1.807, 2.05) is 13.0 Å². The van der Waals surface area contributed by atoms with Gasteiger partial charge in [0.25, 0.3) is 10.0 Å². The Labute approximate surface area is 120 Å². The summed E-state index contributed by atoms with van der Waals surface area (Å²) in [4.78, 5) is 1.86. The molecule has 0 N–H and O–H groups in total. The molecule has 0 atom stereocenters. The van der Waals surface area contributed by atoms with Crippen LogP contribution in [0.3, 0.4) is 0 Å². The normalized spacial score (nSPS) is 16.7. The molecular weight excluding hydrogens is 275 g/mol. The summed E-state index contributed by atoms with van der Waals surface area (Å²) in [6.07, 6.45) is 4.98. The third-order valence-electron chi connectivity index (χ3n) is 2.77. The summed E-state index contributed by atoms with van der Waals surface area (Å²) in [5, 5.41) is 0. The van der Waals surface area contributed by atoms with E-state index in [-0.39, 0.29) is 4.90 Å². The molecule has 1 heterocycles. The van der Waals surface area contributed by atoms with Crippen LogP contribution in [0.15, 0.2) is 45.8 Å². The van der Waals surface area contributed by atoms with Gasteiger partial charge in [-0.2, -0.15) is 8.42 Å². The maximum Gasteiger partial charge on any atom is 0.369 e. The van der Waals surface area contributed by atoms with Gasteiger partial charge in [-0.3, -0.25) is 0 Å². The highest BCUT2D eigenvalue weighted by atomic mass is 32.2. The predicted molar refractivity (Wildman–Crippen MR) is 79.4 cm³/mol. The predicted octanol–water partition coefficient (Wildman–Crippen LogP) is 2.06. The Morgan fingerprint density at radius 3 is 2.60 bits per heavy atom. The van der Waals surface area contributed by atoms with Gasteiger partial charge in [-0.25, -0.2) is 0 Å². The lowest BCUT2D eigenvalue weighted by Gasteiger charge is -2.10. The molecule has 1 aromatic carbocycles. The van der Waals surface area contributed by atoms with Gasteiger partial charge in [-0.15, -0.1) is 4.40 Å². The molecule has 2 rings (SSSR count). The van der Waals surface area contributed by atoms with E-state index in [1.54, 1.807) is 37.8 Å². The summed E-state index contributed by atoms with van der Waals surface area (Å²) in [5.74, 6) is 1.13. The van der Waals surface area contributed by atoms with Crippen molar-refractivity contribution in [3.05, 3.63) is 36.5 Å². The van der Waals surface area contributed by atoms with Crippen molar-refractivity contribution in [3.8, 4) is 5.75 Å². The minimum absolute atomic E-state index is 0.161. The fraction of sp³-hybridized carbons (Fsp3) is 0.308. The highest BCUT2D eigenvalue weighted by Gasteiger charge is 2.17. The van der Waals surface area contributed by atoms with Crippen LogP contribution >= 0.6 is 0 Å². The van der Waals surface area contributed by atoms with Crippen LogP contribution < -0.4 is 4.65 Å². The fourth-order valence-electron chi connectivity index (χ4n) is 1.71. The zero-order chi connectivity index (χ0) is 14.6. The van der Waals surface area contributed by atoms with E-state index in [4.69, 9.17) is 4.65 Å². The van der Waals surface area contributed by atoms with Crippen LogP contribution in [0.5, 0.6) is 5.75 Å². The standard InChI is InChI=1S/C13H16BN2O3S/c1-3-14-19-11-6-8-12(9-7-11)20(17,18)15-13-5-4-10-16(13)2/h4,6-10H,3,5H2,1-2H3/b15-13+. The van der Waals surface area contributed by atoms with E-state index in [0.29, 0.717) is 18.0 Å². The van der Waals surface area contributed by atoms with Gasteiger partial charge in [0.1, 0.15) is 5.84 Å². The molecule has 0 aliphatic carbocycles. The van der Waals surface area contributed by atoms with Crippen LogP contribution in [0.2, 0.25) is 6.32 Å². The summed E-state index contributed by atoms with van der Waals surface area (Å²) < 4.78 is 33.5. The summed E-state index contributed by atoms with van der Waals surface area (Å²) >= 11 is 0. The van der Waals surface area contributed by atoms with E-state index in [1.165, 1.54) is 12.1 Å². The zero-order valence-electron chi connectivity index (χ0n) is 11.5. The molecule has 1 radical (unpaired) electrons. The molecule has 20 heavy (non-hydrogen) atoms. The van der Waals surface area contributed by atoms with E-state index < -0.39 is 10.0 Å². The number of hydrogen-bond acceptors (Lipinski definition) is 3. The van der Waals surface area contributed by atoms with Gasteiger partial charge in [0.15, 0.2) is 0 Å². The average molecular weight is 291 g/mol. The molecule has 0 bridgehead atoms. The van der Waals surface area contributed by atoms with Gasteiger partial charge in [-0.05, 0) is 30.6 Å². The molecule has 1 aliphatic rings. The van der Waals surface area contributed by atoms with E-state index in [9.17, 15) is 8.42 Å². The minimum atomic E-state index is -3.67. The third-order valence-corrected chi connectivity index (χ3v) is 4.09. The van der Waals surface area contributed by atoms with Crippen molar-refractivity contribution in [2.24, 2.45) is 4.40 Å². The Hall–Kier alpha value is -1.76. The number of amidine groups is 1. The van der Waals surface area contributed by atoms with Gasteiger partial charge >= 0.3 is 7.48 Å². The maximum absolute atomic E-state index is 12.2. The number of nitrogens with zero attached hydrogens (tertiary/aromatic N) is 2. The number of rotatable bonds is 5. The Morgan fingerprint density at radius 2 is 2.05 bits per heavy atom. The first kappa shape index (κ1) is 14.6. The van der Waals surface area contributed by atoms with Crippen LogP contribution in [-0.4, -0.2) is 33.7 Å². The van der Waals surface area contributed by atoms with Gasteiger partial charge in [0, 0.05) is 19.7 Å². The van der Waals surface area contributed by atoms with E-state index in [0.717, 1.165) is 6.32 Å². The molecule has 0 spiro atoms. The summed E-state index contributed by atoms with van der Waals surface area (Å²) in [5.41, 5.74) is 0. The van der Waals surface area contributed by atoms with Gasteiger partial charge in [-0.1, -0.05) is 13.0 Å². The van der Waals surface area contributed by atoms with Crippen molar-refractivity contribution in [2.45, 2.75) is 24.6 Å². The number of sulfonamides is 1. The molecule has 0 saturated heterocycles. The monoisotopic (exact) mass is 291 g/mol. The summed E-state index contributed by atoms with van der Waals surface area (Å²) in [6, 6.07) is 6.24. The second-order valence-corrected chi connectivity index (χ2v) is 5.95. The average Bonchev–Trinajstić information content (AvgIpc) is 2.82. The molecule has 0 aromatic heterocycles. The molecule has 105 valence electrons. The van der Waals surface area contributed by atoms with Crippen molar-refractivity contribution >= 4 is 23.3 Å². The SMILES string of the molecule is CC[B]Oc1ccc(S(=O)(=O)/N=C2\CC=CN2C)cc1. The molecule has 1 aliphatic heterocycles. The lowest BCUT2D eigenvalue weighted by molar-refractivity contribution is 0.589. The first-order valence-corrected chi connectivity index (χ1v) is 7.78. The molecule has 0 unspecified atom stereocenters. The Morgan fingerprint density at radius 1 is 1.35 bits per heavy atom. The van der Waals surface area contributed by atoms with Crippen molar-refractivity contribution in [2.75, 3.05) is 7.05 Å². The molecule has 0 saturated carbocycles. The van der Waals surface area contributed by atoms with Crippen LogP contribution in [0.1, 0.15) is 13.3 Å². The Kier molecular flexibility index (Phi) is 4.49. The molecule has 5 nitrogen and oxygen atoms in total. The van der Waals surface area contributed by atoms with Crippen LogP contribution in [0, 0.1) is 0 Å². The Balaban J connectivity index is 2.18. The van der Waals surface area contributed by atoms with E-state index in [2.05, 4.69) is 4.40 Å². The number of hydrogen-bond donors (Lipinski definition) is 0. The highest BCUT2D eigenvalue weighted by molar-refractivity contribution is 7.90. The highest BCUT2D eigenvalue weighted by Crippen LogP contribution is 2.19. The van der Waals surface area contributed by atoms with Crippen molar-refractivity contribution < 1.29 is 13.1 Å². The second-order valence-electron chi connectivity index (χ2n) is 4.35. The van der Waals surface area contributed by atoms with Crippen molar-refractivity contribution in [1.82, 2.24) is 4.90 Å². The topological polar surface area (TPSA) is 59.0 Å². The third kappa shape index (κ3) is 3.42. The minimum Gasteiger partial charge on any atom is -0.563 e. The first-order valence-electron chi connectivity index (χ1n) is 6.34. The quantitative estimate of drug-likeness (QED) is 0.779. The fourth-order valence-corrected chi connectivity index (χ4v) is 2.78. The van der Waals surface area contributed by atoms with Gasteiger partial charge < -0.3 is 9.55 Å². The van der Waals surface area contributed by atoms with E-state index >= 15 is 0 Å². The van der Waals surface area contributed by atoms with Crippen LogP contribution in [-0.2, 0) is 10.0 Å². The first-order chi connectivity index (χ1) is 9.53. The summed E-state index contributed by atoms with van der Waals surface area (Å²) in [7, 11) is -0.245. The van der Waals surface area contributed by atoms with Crippen molar-refractivity contribution in [1.29, 1.82) is 0 Å². The van der Waals surface area contributed by atoms with Crippen molar-refractivity contribution in [3.63, 3.8) is 0 Å². The second kappa shape index (κ2) is 6.13. The molecular formula is C13H16BN2O3S. The van der Waals surface area contributed by atoms with Crippen LogP contribution in [0.4, 0.5) is 0 Å². The lowest BCUT2D eigenvalue weighted by Crippen LogP contribution is -2.17. The lowest BCUT2D eigenvalue weighted by atomic mass is 9.97. The largest absolute Gasteiger partial charge is 0.563 e.